The molecule has 98 valence electrons. The molecule has 2 rings (SSSR count). The summed E-state index contributed by atoms with van der Waals surface area (Å²) in [6.45, 7) is 0.581. The maximum absolute atomic E-state index is 10.8. The summed E-state index contributed by atoms with van der Waals surface area (Å²) in [6.07, 6.45) is 2.60. The third kappa shape index (κ3) is 4.11. The Morgan fingerprint density at radius 3 is 2.74 bits per heavy atom. The molecule has 0 unspecified atom stereocenters. The fourth-order valence-electron chi connectivity index (χ4n) is 1.86. The molecule has 0 aliphatic heterocycles. The molecule has 0 bridgehead atoms. The zero-order valence-corrected chi connectivity index (χ0v) is 11.3. The molecule has 0 N–H and O–H groups in total. The molecule has 2 aromatic carbocycles. The largest absolute Gasteiger partial charge is 0.493 e. The number of rotatable bonds is 6. The summed E-state index contributed by atoms with van der Waals surface area (Å²) in [6, 6.07) is 15.1. The van der Waals surface area contributed by atoms with Gasteiger partial charge < -0.3 is 4.74 Å². The van der Waals surface area contributed by atoms with Crippen molar-refractivity contribution < 1.29 is 9.53 Å². The normalized spacial score (nSPS) is 10.2. The molecule has 0 aromatic heterocycles. The highest BCUT2D eigenvalue weighted by molar-refractivity contribution is 6.30. The average Bonchev–Trinajstić information content (AvgIpc) is 2.44. The number of hydrogen-bond acceptors (Lipinski definition) is 2. The molecule has 2 nitrogen and oxygen atoms in total. The van der Waals surface area contributed by atoms with Crippen LogP contribution in [-0.2, 0) is 6.42 Å². The average molecular weight is 275 g/mol. The number of benzene rings is 2. The summed E-state index contributed by atoms with van der Waals surface area (Å²) < 4.78 is 5.62. The second-order valence-electron chi connectivity index (χ2n) is 4.24. The summed E-state index contributed by atoms with van der Waals surface area (Å²) in [5.41, 5.74) is 1.78. The summed E-state index contributed by atoms with van der Waals surface area (Å²) in [5, 5.41) is 0.754. The standard InChI is InChI=1S/C16H15ClO2/c17-15-8-3-5-13(11-15)6-4-10-19-16-9-2-1-7-14(16)12-18/h1-3,5,7-9,11-12H,4,6,10H2. The molecule has 2 aromatic rings. The first kappa shape index (κ1) is 13.6. The Bertz CT molecular complexity index is 552. The maximum Gasteiger partial charge on any atom is 0.153 e. The molecule has 0 heterocycles. The fraction of sp³-hybridized carbons (Fsp3) is 0.188. The molecule has 19 heavy (non-hydrogen) atoms. The van der Waals surface area contributed by atoms with E-state index in [1.165, 1.54) is 5.56 Å². The molecule has 0 aliphatic carbocycles. The van der Waals surface area contributed by atoms with Gasteiger partial charge in [-0.3, -0.25) is 4.79 Å². The first-order chi connectivity index (χ1) is 9.29. The zero-order valence-electron chi connectivity index (χ0n) is 10.5. The van der Waals surface area contributed by atoms with Crippen LogP contribution in [-0.4, -0.2) is 12.9 Å². The lowest BCUT2D eigenvalue weighted by Gasteiger charge is -2.08. The van der Waals surface area contributed by atoms with Crippen LogP contribution >= 0.6 is 11.6 Å². The number of para-hydroxylation sites is 1. The van der Waals surface area contributed by atoms with Crippen molar-refractivity contribution in [2.24, 2.45) is 0 Å². The Kier molecular flexibility index (Phi) is 4.99. The Morgan fingerprint density at radius 1 is 1.11 bits per heavy atom. The lowest BCUT2D eigenvalue weighted by Crippen LogP contribution is -2.01. The molecular weight excluding hydrogens is 260 g/mol. The van der Waals surface area contributed by atoms with E-state index < -0.39 is 0 Å². The van der Waals surface area contributed by atoms with Crippen LogP contribution in [0.15, 0.2) is 48.5 Å². The van der Waals surface area contributed by atoms with Gasteiger partial charge in [-0.1, -0.05) is 35.9 Å². The molecule has 0 saturated heterocycles. The van der Waals surface area contributed by atoms with Gasteiger partial charge in [0.15, 0.2) is 6.29 Å². The smallest absolute Gasteiger partial charge is 0.153 e. The number of hydrogen-bond donors (Lipinski definition) is 0. The van der Waals surface area contributed by atoms with Gasteiger partial charge in [0.05, 0.1) is 12.2 Å². The van der Waals surface area contributed by atoms with E-state index in [4.69, 9.17) is 16.3 Å². The summed E-state index contributed by atoms with van der Waals surface area (Å²) in [4.78, 5) is 10.8. The zero-order chi connectivity index (χ0) is 13.5. The van der Waals surface area contributed by atoms with Crippen LogP contribution in [0.1, 0.15) is 22.3 Å². The van der Waals surface area contributed by atoms with E-state index in [0.717, 1.165) is 24.2 Å². The maximum atomic E-state index is 10.8. The predicted molar refractivity (Wildman–Crippen MR) is 77.1 cm³/mol. The molecule has 0 spiro atoms. The predicted octanol–water partition coefficient (Wildman–Crippen LogP) is 4.16. The first-order valence-electron chi connectivity index (χ1n) is 6.21. The highest BCUT2D eigenvalue weighted by Gasteiger charge is 2.01. The third-order valence-corrected chi connectivity index (χ3v) is 3.04. The van der Waals surface area contributed by atoms with Crippen molar-refractivity contribution in [3.05, 3.63) is 64.7 Å². The second kappa shape index (κ2) is 6.95. The minimum absolute atomic E-state index is 0.581. The molecule has 0 saturated carbocycles. The quantitative estimate of drug-likeness (QED) is 0.584. The van der Waals surface area contributed by atoms with Gasteiger partial charge in [0.25, 0.3) is 0 Å². The number of aldehydes is 1. The third-order valence-electron chi connectivity index (χ3n) is 2.80. The Balaban J connectivity index is 1.82. The van der Waals surface area contributed by atoms with Crippen molar-refractivity contribution in [1.82, 2.24) is 0 Å². The number of carbonyl (C=O) groups is 1. The van der Waals surface area contributed by atoms with Crippen LogP contribution in [0.3, 0.4) is 0 Å². The van der Waals surface area contributed by atoms with Crippen LogP contribution in [0.2, 0.25) is 5.02 Å². The van der Waals surface area contributed by atoms with Crippen LogP contribution in [0.5, 0.6) is 5.75 Å². The number of ether oxygens (including phenoxy) is 1. The van der Waals surface area contributed by atoms with Crippen LogP contribution in [0.4, 0.5) is 0 Å². The second-order valence-corrected chi connectivity index (χ2v) is 4.67. The van der Waals surface area contributed by atoms with E-state index in [-0.39, 0.29) is 0 Å². The van der Waals surface area contributed by atoms with E-state index in [9.17, 15) is 4.79 Å². The Labute approximate surface area is 118 Å². The van der Waals surface area contributed by atoms with Gasteiger partial charge in [-0.15, -0.1) is 0 Å². The highest BCUT2D eigenvalue weighted by Crippen LogP contribution is 2.16. The monoisotopic (exact) mass is 274 g/mol. The number of aryl methyl sites for hydroxylation is 1. The summed E-state index contributed by atoms with van der Waals surface area (Å²) in [7, 11) is 0. The van der Waals surface area contributed by atoms with E-state index in [2.05, 4.69) is 0 Å². The van der Waals surface area contributed by atoms with Crippen LogP contribution in [0.25, 0.3) is 0 Å². The number of halogens is 1. The van der Waals surface area contributed by atoms with Gasteiger partial charge in [-0.25, -0.2) is 0 Å². The van der Waals surface area contributed by atoms with Crippen molar-refractivity contribution >= 4 is 17.9 Å². The molecule has 0 amide bonds. The molecule has 0 radical (unpaired) electrons. The van der Waals surface area contributed by atoms with E-state index in [1.54, 1.807) is 6.07 Å². The Hall–Kier alpha value is -1.80. The molecule has 0 aliphatic rings. The van der Waals surface area contributed by atoms with Crippen molar-refractivity contribution in [2.45, 2.75) is 12.8 Å². The topological polar surface area (TPSA) is 26.3 Å². The Morgan fingerprint density at radius 2 is 1.95 bits per heavy atom. The molecule has 0 fully saturated rings. The van der Waals surface area contributed by atoms with Crippen molar-refractivity contribution in [1.29, 1.82) is 0 Å². The lowest BCUT2D eigenvalue weighted by molar-refractivity contribution is 0.111. The van der Waals surface area contributed by atoms with E-state index in [0.29, 0.717) is 17.9 Å². The minimum atomic E-state index is 0.581. The van der Waals surface area contributed by atoms with Gasteiger partial charge in [0.2, 0.25) is 0 Å². The fourth-order valence-corrected chi connectivity index (χ4v) is 2.07. The van der Waals surface area contributed by atoms with Gasteiger partial charge in [-0.2, -0.15) is 0 Å². The lowest BCUT2D eigenvalue weighted by atomic mass is 10.1. The highest BCUT2D eigenvalue weighted by atomic mass is 35.5. The minimum Gasteiger partial charge on any atom is -0.493 e. The van der Waals surface area contributed by atoms with Crippen LogP contribution < -0.4 is 4.74 Å². The van der Waals surface area contributed by atoms with Crippen molar-refractivity contribution in [3.8, 4) is 5.75 Å². The molecular formula is C16H15ClO2. The summed E-state index contributed by atoms with van der Waals surface area (Å²) in [5.74, 6) is 0.642. The van der Waals surface area contributed by atoms with Crippen molar-refractivity contribution in [2.75, 3.05) is 6.61 Å². The SMILES string of the molecule is O=Cc1ccccc1OCCCc1cccc(Cl)c1. The van der Waals surface area contributed by atoms with Gasteiger partial charge >= 0.3 is 0 Å². The number of carbonyl (C=O) groups excluding carboxylic acids is 1. The molecule has 3 heteroatoms. The van der Waals surface area contributed by atoms with Gasteiger partial charge in [-0.05, 0) is 42.7 Å². The van der Waals surface area contributed by atoms with E-state index >= 15 is 0 Å². The van der Waals surface area contributed by atoms with Gasteiger partial charge in [0.1, 0.15) is 5.75 Å². The first-order valence-corrected chi connectivity index (χ1v) is 6.59. The summed E-state index contributed by atoms with van der Waals surface area (Å²) >= 11 is 5.92. The van der Waals surface area contributed by atoms with E-state index in [1.807, 2.05) is 42.5 Å². The van der Waals surface area contributed by atoms with Crippen molar-refractivity contribution in [3.63, 3.8) is 0 Å². The van der Waals surface area contributed by atoms with Gasteiger partial charge in [0, 0.05) is 5.02 Å². The molecule has 0 atom stereocenters. The van der Waals surface area contributed by atoms with Crippen LogP contribution in [0, 0.1) is 0 Å².